The van der Waals surface area contributed by atoms with Gasteiger partial charge in [0.1, 0.15) is 19.0 Å². The SMILES string of the molecule is Cc1ccc2nc(N3C(=O)C(=O)C(=C(O)c4ccc5c(c4)OCCO5)[C@H]3c3ccc(C(C)C)cc3)sc2c1. The van der Waals surface area contributed by atoms with Gasteiger partial charge in [0.2, 0.25) is 0 Å². The summed E-state index contributed by atoms with van der Waals surface area (Å²) in [5.74, 6) is -0.380. The summed E-state index contributed by atoms with van der Waals surface area (Å²) in [7, 11) is 0. The molecule has 192 valence electrons. The summed E-state index contributed by atoms with van der Waals surface area (Å²) < 4.78 is 12.2. The van der Waals surface area contributed by atoms with E-state index in [9.17, 15) is 14.7 Å². The Kier molecular flexibility index (Phi) is 5.91. The fourth-order valence-electron chi connectivity index (χ4n) is 4.88. The summed E-state index contributed by atoms with van der Waals surface area (Å²) in [5.41, 5.74) is 4.05. The number of aryl methyl sites for hydroxylation is 1. The summed E-state index contributed by atoms with van der Waals surface area (Å²) >= 11 is 1.35. The molecule has 0 radical (unpaired) electrons. The zero-order valence-corrected chi connectivity index (χ0v) is 22.0. The van der Waals surface area contributed by atoms with Crippen molar-refractivity contribution in [3.63, 3.8) is 0 Å². The third-order valence-electron chi connectivity index (χ3n) is 6.92. The molecule has 1 N–H and O–H groups in total. The molecule has 0 aliphatic carbocycles. The summed E-state index contributed by atoms with van der Waals surface area (Å²) in [6.45, 7) is 7.03. The number of thiazole rings is 1. The van der Waals surface area contributed by atoms with E-state index in [-0.39, 0.29) is 11.3 Å². The Hall–Kier alpha value is -4.17. The molecule has 8 heteroatoms. The Morgan fingerprint density at radius 1 is 1.00 bits per heavy atom. The molecule has 7 nitrogen and oxygen atoms in total. The maximum absolute atomic E-state index is 13.5. The third kappa shape index (κ3) is 4.01. The predicted octanol–water partition coefficient (Wildman–Crippen LogP) is 6.13. The molecule has 2 aliphatic heterocycles. The van der Waals surface area contributed by atoms with Crippen molar-refractivity contribution in [1.29, 1.82) is 0 Å². The fourth-order valence-corrected chi connectivity index (χ4v) is 5.97. The molecular formula is C30H26N2O5S. The molecule has 3 heterocycles. The van der Waals surface area contributed by atoms with Crippen molar-refractivity contribution in [1.82, 2.24) is 4.98 Å². The van der Waals surface area contributed by atoms with Crippen LogP contribution in [-0.4, -0.2) is 35.0 Å². The predicted molar refractivity (Wildman–Crippen MR) is 147 cm³/mol. The lowest BCUT2D eigenvalue weighted by Crippen LogP contribution is -2.29. The van der Waals surface area contributed by atoms with E-state index in [1.165, 1.54) is 16.2 Å². The van der Waals surface area contributed by atoms with Crippen LogP contribution in [-0.2, 0) is 9.59 Å². The van der Waals surface area contributed by atoms with Gasteiger partial charge in [-0.15, -0.1) is 0 Å². The second-order valence-corrected chi connectivity index (χ2v) is 10.8. The van der Waals surface area contributed by atoms with Crippen LogP contribution in [0.5, 0.6) is 11.5 Å². The van der Waals surface area contributed by atoms with Crippen LogP contribution < -0.4 is 14.4 Å². The molecule has 1 aromatic heterocycles. The van der Waals surface area contributed by atoms with Crippen molar-refractivity contribution < 1.29 is 24.2 Å². The number of amides is 1. The van der Waals surface area contributed by atoms with Gasteiger partial charge in [-0.25, -0.2) is 4.98 Å². The highest BCUT2D eigenvalue weighted by atomic mass is 32.1. The molecule has 0 spiro atoms. The third-order valence-corrected chi connectivity index (χ3v) is 7.94. The quantitative estimate of drug-likeness (QED) is 0.196. The zero-order valence-electron chi connectivity index (χ0n) is 21.2. The molecule has 1 atom stereocenters. The van der Waals surface area contributed by atoms with Gasteiger partial charge >= 0.3 is 5.91 Å². The highest BCUT2D eigenvalue weighted by Gasteiger charge is 2.48. The van der Waals surface area contributed by atoms with Crippen LogP contribution in [0.25, 0.3) is 16.0 Å². The topological polar surface area (TPSA) is 89.0 Å². The van der Waals surface area contributed by atoms with E-state index in [1.54, 1.807) is 18.2 Å². The van der Waals surface area contributed by atoms with Crippen LogP contribution in [0, 0.1) is 6.92 Å². The molecule has 0 bridgehead atoms. The second kappa shape index (κ2) is 9.29. The number of aliphatic hydroxyl groups is 1. The highest BCUT2D eigenvalue weighted by Crippen LogP contribution is 2.45. The second-order valence-electron chi connectivity index (χ2n) is 9.82. The lowest BCUT2D eigenvalue weighted by atomic mass is 9.93. The van der Waals surface area contributed by atoms with Crippen molar-refractivity contribution in [2.75, 3.05) is 18.1 Å². The fraction of sp³-hybridized carbons (Fsp3) is 0.233. The first kappa shape index (κ1) is 24.2. The number of benzene rings is 3. The molecule has 4 aromatic rings. The largest absolute Gasteiger partial charge is 0.507 e. The number of carbonyl (C=O) groups excluding carboxylic acids is 2. The number of fused-ring (bicyclic) bond motifs is 2. The van der Waals surface area contributed by atoms with Crippen molar-refractivity contribution in [2.24, 2.45) is 0 Å². The number of hydrogen-bond acceptors (Lipinski definition) is 7. The first-order valence-corrected chi connectivity index (χ1v) is 13.3. The number of hydrogen-bond donors (Lipinski definition) is 1. The van der Waals surface area contributed by atoms with Gasteiger partial charge in [-0.2, -0.15) is 0 Å². The van der Waals surface area contributed by atoms with E-state index in [0.29, 0.717) is 46.9 Å². The van der Waals surface area contributed by atoms with Gasteiger partial charge in [0, 0.05) is 5.56 Å². The smallest absolute Gasteiger partial charge is 0.301 e. The van der Waals surface area contributed by atoms with Gasteiger partial charge in [0.25, 0.3) is 5.78 Å². The Morgan fingerprint density at radius 2 is 1.74 bits per heavy atom. The zero-order chi connectivity index (χ0) is 26.6. The van der Waals surface area contributed by atoms with E-state index in [2.05, 4.69) is 13.8 Å². The van der Waals surface area contributed by atoms with Crippen LogP contribution >= 0.6 is 11.3 Å². The number of anilines is 1. The first-order chi connectivity index (χ1) is 18.3. The van der Waals surface area contributed by atoms with Crippen LogP contribution in [0.3, 0.4) is 0 Å². The molecule has 2 aliphatic rings. The Labute approximate surface area is 224 Å². The van der Waals surface area contributed by atoms with Gasteiger partial charge in [-0.3, -0.25) is 14.5 Å². The van der Waals surface area contributed by atoms with Crippen LogP contribution in [0.2, 0.25) is 0 Å². The number of nitrogens with zero attached hydrogens (tertiary/aromatic N) is 2. The summed E-state index contributed by atoms with van der Waals surface area (Å²) in [6.07, 6.45) is 0. The van der Waals surface area contributed by atoms with Crippen molar-refractivity contribution in [3.8, 4) is 11.5 Å². The van der Waals surface area contributed by atoms with Crippen LogP contribution in [0.15, 0.2) is 66.2 Å². The molecule has 0 unspecified atom stereocenters. The summed E-state index contributed by atoms with van der Waals surface area (Å²) in [5, 5.41) is 11.9. The van der Waals surface area contributed by atoms with Gasteiger partial charge in [-0.05, 0) is 59.9 Å². The van der Waals surface area contributed by atoms with Gasteiger partial charge in [-0.1, -0.05) is 55.5 Å². The maximum Gasteiger partial charge on any atom is 0.301 e. The lowest BCUT2D eigenvalue weighted by molar-refractivity contribution is -0.132. The molecule has 1 amide bonds. The molecule has 6 rings (SSSR count). The number of aromatic nitrogens is 1. The number of ether oxygens (including phenoxy) is 2. The highest BCUT2D eigenvalue weighted by molar-refractivity contribution is 7.22. The monoisotopic (exact) mass is 526 g/mol. The van der Waals surface area contributed by atoms with Gasteiger partial charge < -0.3 is 14.6 Å². The number of aliphatic hydroxyl groups excluding tert-OH is 1. The van der Waals surface area contributed by atoms with Crippen LogP contribution in [0.1, 0.15) is 48.1 Å². The van der Waals surface area contributed by atoms with Gasteiger partial charge in [0.15, 0.2) is 16.6 Å². The summed E-state index contributed by atoms with van der Waals surface area (Å²) in [4.78, 5) is 33.2. The number of Topliss-reactive ketones (excluding diaryl/α,β-unsaturated/α-hetero) is 1. The Morgan fingerprint density at radius 3 is 2.47 bits per heavy atom. The maximum atomic E-state index is 13.5. The van der Waals surface area contributed by atoms with Crippen LogP contribution in [0.4, 0.5) is 5.13 Å². The van der Waals surface area contributed by atoms with E-state index >= 15 is 0 Å². The lowest BCUT2D eigenvalue weighted by Gasteiger charge is -2.23. The normalized spacial score (nSPS) is 18.5. The van der Waals surface area contributed by atoms with Crippen molar-refractivity contribution in [2.45, 2.75) is 32.7 Å². The molecule has 0 saturated carbocycles. The molecule has 1 saturated heterocycles. The standard InChI is InChI=1S/C30H26N2O5S/c1-16(2)18-5-7-19(8-6-18)26-25(27(33)20-9-11-22-23(15-20)37-13-12-36-22)28(34)29(35)32(26)30-31-21-10-4-17(3)14-24(21)38-30/h4-11,14-16,26,33H,12-13H2,1-3H3/t26-/m1/s1. The first-order valence-electron chi connectivity index (χ1n) is 12.5. The van der Waals surface area contributed by atoms with E-state index in [0.717, 1.165) is 21.3 Å². The Bertz CT molecular complexity index is 1620. The minimum Gasteiger partial charge on any atom is -0.507 e. The van der Waals surface area contributed by atoms with E-state index in [1.807, 2.05) is 49.4 Å². The average Bonchev–Trinajstić information content (AvgIpc) is 3.45. The van der Waals surface area contributed by atoms with Gasteiger partial charge in [0.05, 0.1) is 21.8 Å². The number of carbonyl (C=O) groups is 2. The average molecular weight is 527 g/mol. The molecule has 1 fully saturated rings. The minimum absolute atomic E-state index is 0.0133. The van der Waals surface area contributed by atoms with E-state index < -0.39 is 17.7 Å². The number of rotatable bonds is 4. The van der Waals surface area contributed by atoms with E-state index in [4.69, 9.17) is 14.5 Å². The summed E-state index contributed by atoms with van der Waals surface area (Å²) in [6, 6.07) is 17.8. The van der Waals surface area contributed by atoms with Crippen molar-refractivity contribution in [3.05, 3.63) is 88.5 Å². The molecule has 38 heavy (non-hydrogen) atoms. The molecular weight excluding hydrogens is 500 g/mol. The Balaban J connectivity index is 1.53. The number of ketones is 1. The van der Waals surface area contributed by atoms with Crippen molar-refractivity contribution >= 4 is 44.1 Å². The molecule has 3 aromatic carbocycles. The minimum atomic E-state index is -0.842.